The number of hydrogen-bond acceptors (Lipinski definition) is 6. The third-order valence-corrected chi connectivity index (χ3v) is 5.94. The minimum atomic E-state index is -0.373. The molecule has 0 amide bonds. The largest absolute Gasteiger partial charge is 0.307 e. The number of non-ortho nitro benzene ring substituents is 1. The second-order valence-corrected chi connectivity index (χ2v) is 7.83. The maximum absolute atomic E-state index is 10.8. The van der Waals surface area contributed by atoms with Crippen LogP contribution in [0.15, 0.2) is 36.4 Å². The first-order valence-electron chi connectivity index (χ1n) is 9.12. The summed E-state index contributed by atoms with van der Waals surface area (Å²) in [6, 6.07) is 11.3. The van der Waals surface area contributed by atoms with E-state index in [0.29, 0.717) is 6.04 Å². The van der Waals surface area contributed by atoms with Crippen LogP contribution in [0, 0.1) is 10.1 Å². The SMILES string of the molecule is CCc1nc2n(n1)CC(NCc1ccc(-c3ccc([N+](=O)[O-])cc3)s1)CC2. The van der Waals surface area contributed by atoms with Gasteiger partial charge in [-0.25, -0.2) is 9.67 Å². The third-order valence-electron chi connectivity index (χ3n) is 4.81. The molecule has 0 saturated heterocycles. The molecule has 1 aliphatic rings. The van der Waals surface area contributed by atoms with Gasteiger partial charge in [-0.1, -0.05) is 6.92 Å². The minimum Gasteiger partial charge on any atom is -0.307 e. The average molecular weight is 383 g/mol. The summed E-state index contributed by atoms with van der Waals surface area (Å²) in [5, 5.41) is 19.0. The van der Waals surface area contributed by atoms with E-state index in [2.05, 4.69) is 34.5 Å². The first-order chi connectivity index (χ1) is 13.1. The van der Waals surface area contributed by atoms with Crippen molar-refractivity contribution in [3.63, 3.8) is 0 Å². The van der Waals surface area contributed by atoms with Crippen molar-refractivity contribution in [2.75, 3.05) is 0 Å². The highest BCUT2D eigenvalue weighted by Crippen LogP contribution is 2.29. The fourth-order valence-corrected chi connectivity index (χ4v) is 4.26. The number of hydrogen-bond donors (Lipinski definition) is 1. The van der Waals surface area contributed by atoms with Crippen LogP contribution in [0.2, 0.25) is 0 Å². The molecule has 1 aliphatic heterocycles. The van der Waals surface area contributed by atoms with Gasteiger partial charge in [0.15, 0.2) is 5.82 Å². The number of nitrogens with zero attached hydrogens (tertiary/aromatic N) is 4. The van der Waals surface area contributed by atoms with Gasteiger partial charge in [0, 0.05) is 47.3 Å². The average Bonchev–Trinajstić information content (AvgIpc) is 3.32. The van der Waals surface area contributed by atoms with Gasteiger partial charge in [0.1, 0.15) is 5.82 Å². The smallest absolute Gasteiger partial charge is 0.269 e. The molecule has 3 heterocycles. The molecule has 140 valence electrons. The number of nitro benzene ring substituents is 1. The Balaban J connectivity index is 1.36. The van der Waals surface area contributed by atoms with E-state index in [0.717, 1.165) is 54.4 Å². The van der Waals surface area contributed by atoms with E-state index in [1.165, 1.54) is 4.88 Å². The Morgan fingerprint density at radius 3 is 2.85 bits per heavy atom. The molecule has 4 rings (SSSR count). The van der Waals surface area contributed by atoms with Crippen molar-refractivity contribution in [3.05, 3.63) is 63.0 Å². The van der Waals surface area contributed by atoms with Crippen molar-refractivity contribution in [2.24, 2.45) is 0 Å². The highest BCUT2D eigenvalue weighted by molar-refractivity contribution is 7.15. The summed E-state index contributed by atoms with van der Waals surface area (Å²) in [6.45, 7) is 3.76. The fraction of sp³-hybridized carbons (Fsp3) is 0.368. The first kappa shape index (κ1) is 17.8. The van der Waals surface area contributed by atoms with Gasteiger partial charge in [0.05, 0.1) is 11.5 Å². The van der Waals surface area contributed by atoms with Crippen LogP contribution in [0.5, 0.6) is 0 Å². The summed E-state index contributed by atoms with van der Waals surface area (Å²) in [4.78, 5) is 17.3. The van der Waals surface area contributed by atoms with Gasteiger partial charge >= 0.3 is 0 Å². The molecule has 3 aromatic rings. The maximum Gasteiger partial charge on any atom is 0.269 e. The molecule has 2 aromatic heterocycles. The summed E-state index contributed by atoms with van der Waals surface area (Å²) >= 11 is 1.72. The van der Waals surface area contributed by atoms with E-state index >= 15 is 0 Å². The Kier molecular flexibility index (Phi) is 5.00. The van der Waals surface area contributed by atoms with Crippen LogP contribution in [0.4, 0.5) is 5.69 Å². The number of aryl methyl sites for hydroxylation is 2. The van der Waals surface area contributed by atoms with Crippen LogP contribution >= 0.6 is 11.3 Å². The van der Waals surface area contributed by atoms with Gasteiger partial charge in [0.25, 0.3) is 5.69 Å². The van der Waals surface area contributed by atoms with Gasteiger partial charge in [-0.05, 0) is 36.2 Å². The molecule has 8 heteroatoms. The van der Waals surface area contributed by atoms with Gasteiger partial charge < -0.3 is 5.32 Å². The zero-order valence-electron chi connectivity index (χ0n) is 15.1. The number of thiophene rings is 1. The van der Waals surface area contributed by atoms with Crippen LogP contribution in [0.25, 0.3) is 10.4 Å². The van der Waals surface area contributed by atoms with Crippen LogP contribution in [0.3, 0.4) is 0 Å². The van der Waals surface area contributed by atoms with Gasteiger partial charge in [-0.3, -0.25) is 10.1 Å². The first-order valence-corrected chi connectivity index (χ1v) is 9.93. The summed E-state index contributed by atoms with van der Waals surface area (Å²) < 4.78 is 2.04. The van der Waals surface area contributed by atoms with Gasteiger partial charge in [-0.15, -0.1) is 11.3 Å². The topological polar surface area (TPSA) is 85.9 Å². The van der Waals surface area contributed by atoms with E-state index in [1.54, 1.807) is 35.6 Å². The summed E-state index contributed by atoms with van der Waals surface area (Å²) in [6.07, 6.45) is 2.91. The molecule has 1 N–H and O–H groups in total. The van der Waals surface area contributed by atoms with E-state index in [-0.39, 0.29) is 10.6 Å². The van der Waals surface area contributed by atoms with Crippen LogP contribution < -0.4 is 5.32 Å². The molecule has 1 unspecified atom stereocenters. The Hall–Kier alpha value is -2.58. The fourth-order valence-electron chi connectivity index (χ4n) is 3.30. The molecule has 0 fully saturated rings. The number of nitro groups is 1. The van der Waals surface area contributed by atoms with Crippen LogP contribution in [-0.4, -0.2) is 25.7 Å². The van der Waals surface area contributed by atoms with Crippen LogP contribution in [-0.2, 0) is 25.9 Å². The normalized spacial score (nSPS) is 16.3. The van der Waals surface area contributed by atoms with Crippen molar-refractivity contribution >= 4 is 17.0 Å². The molecule has 0 radical (unpaired) electrons. The number of benzene rings is 1. The number of fused-ring (bicyclic) bond motifs is 1. The third kappa shape index (κ3) is 3.91. The molecule has 0 spiro atoms. The van der Waals surface area contributed by atoms with E-state index in [1.807, 2.05) is 4.68 Å². The molecule has 7 nitrogen and oxygen atoms in total. The lowest BCUT2D eigenvalue weighted by Crippen LogP contribution is -2.37. The van der Waals surface area contributed by atoms with Gasteiger partial charge in [-0.2, -0.15) is 5.10 Å². The molecule has 0 saturated carbocycles. The molecular weight excluding hydrogens is 362 g/mol. The minimum absolute atomic E-state index is 0.119. The number of aromatic nitrogens is 3. The number of rotatable bonds is 6. The van der Waals surface area contributed by atoms with Crippen molar-refractivity contribution in [3.8, 4) is 10.4 Å². The molecule has 1 atom stereocenters. The lowest BCUT2D eigenvalue weighted by molar-refractivity contribution is -0.384. The monoisotopic (exact) mass is 383 g/mol. The summed E-state index contributed by atoms with van der Waals surface area (Å²) in [5.41, 5.74) is 1.13. The summed E-state index contributed by atoms with van der Waals surface area (Å²) in [7, 11) is 0. The highest BCUT2D eigenvalue weighted by Gasteiger charge is 2.21. The predicted molar refractivity (Wildman–Crippen MR) is 105 cm³/mol. The van der Waals surface area contributed by atoms with Gasteiger partial charge in [0.2, 0.25) is 0 Å². The maximum atomic E-state index is 10.8. The second-order valence-electron chi connectivity index (χ2n) is 6.67. The second kappa shape index (κ2) is 7.58. The highest BCUT2D eigenvalue weighted by atomic mass is 32.1. The lowest BCUT2D eigenvalue weighted by atomic mass is 10.1. The zero-order chi connectivity index (χ0) is 18.8. The quantitative estimate of drug-likeness (QED) is 0.519. The molecule has 1 aromatic carbocycles. The van der Waals surface area contributed by atoms with E-state index < -0.39 is 0 Å². The zero-order valence-corrected chi connectivity index (χ0v) is 15.9. The molecular formula is C19H21N5O2S. The Labute approximate surface area is 161 Å². The van der Waals surface area contributed by atoms with Crippen molar-refractivity contribution in [2.45, 2.75) is 45.3 Å². The molecule has 0 aliphatic carbocycles. The Morgan fingerprint density at radius 2 is 2.11 bits per heavy atom. The Bertz CT molecular complexity index is 947. The lowest BCUT2D eigenvalue weighted by Gasteiger charge is -2.23. The van der Waals surface area contributed by atoms with Crippen molar-refractivity contribution in [1.82, 2.24) is 20.1 Å². The Morgan fingerprint density at radius 1 is 1.30 bits per heavy atom. The molecule has 0 bridgehead atoms. The molecule has 27 heavy (non-hydrogen) atoms. The predicted octanol–water partition coefficient (Wildman–Crippen LogP) is 3.58. The van der Waals surface area contributed by atoms with E-state index in [9.17, 15) is 10.1 Å². The van der Waals surface area contributed by atoms with Crippen LogP contribution in [0.1, 0.15) is 29.9 Å². The van der Waals surface area contributed by atoms with Crippen molar-refractivity contribution < 1.29 is 4.92 Å². The van der Waals surface area contributed by atoms with E-state index in [4.69, 9.17) is 0 Å². The summed E-state index contributed by atoms with van der Waals surface area (Å²) in [5.74, 6) is 2.03. The standard InChI is InChI=1S/C19H21N5O2S/c1-2-18-21-19-10-5-14(12-23(19)22-18)20-11-16-8-9-17(27-16)13-3-6-15(7-4-13)24(25)26/h3-4,6-9,14,20H,2,5,10-12H2,1H3. The van der Waals surface area contributed by atoms with Crippen molar-refractivity contribution in [1.29, 1.82) is 0 Å². The number of nitrogens with one attached hydrogen (secondary N) is 1.